The lowest BCUT2D eigenvalue weighted by Crippen LogP contribution is -2.31. The molecule has 0 saturated carbocycles. The lowest BCUT2D eigenvalue weighted by atomic mass is 10.2. The molecule has 26 heavy (non-hydrogen) atoms. The number of nitro groups is 1. The smallest absolute Gasteiger partial charge is 0.258 e. The standard InChI is InChI=1S/C20H15N4O2/c25-24(26)19-13-11-17(12-14-19)22-15-23(18-9-5-2-6-10-18)21-20(22)16-7-3-1-4-8-16/h1-15H/q+1. The van der Waals surface area contributed by atoms with Gasteiger partial charge in [-0.2, -0.15) is 4.57 Å². The zero-order valence-electron chi connectivity index (χ0n) is 13.8. The van der Waals surface area contributed by atoms with Crippen LogP contribution < -0.4 is 4.57 Å². The Balaban J connectivity index is 1.87. The second-order valence-corrected chi connectivity index (χ2v) is 5.73. The summed E-state index contributed by atoms with van der Waals surface area (Å²) in [6.07, 6.45) is 1.87. The van der Waals surface area contributed by atoms with Gasteiger partial charge in [0, 0.05) is 12.1 Å². The van der Waals surface area contributed by atoms with Crippen LogP contribution in [0.3, 0.4) is 0 Å². The number of hydrogen-bond acceptors (Lipinski definition) is 3. The second-order valence-electron chi connectivity index (χ2n) is 5.73. The molecular weight excluding hydrogens is 328 g/mol. The van der Waals surface area contributed by atoms with Crippen LogP contribution in [-0.4, -0.2) is 14.7 Å². The second kappa shape index (κ2) is 6.60. The monoisotopic (exact) mass is 343 g/mol. The molecule has 3 aromatic carbocycles. The zero-order valence-corrected chi connectivity index (χ0v) is 13.8. The molecule has 0 radical (unpaired) electrons. The molecule has 0 amide bonds. The Morgan fingerprint density at radius 1 is 0.846 bits per heavy atom. The number of benzene rings is 3. The molecule has 0 N–H and O–H groups in total. The summed E-state index contributed by atoms with van der Waals surface area (Å²) < 4.78 is 3.72. The van der Waals surface area contributed by atoms with E-state index in [9.17, 15) is 10.1 Å². The Morgan fingerprint density at radius 3 is 2.08 bits per heavy atom. The van der Waals surface area contributed by atoms with Gasteiger partial charge in [0.05, 0.1) is 15.6 Å². The van der Waals surface area contributed by atoms with Gasteiger partial charge in [-0.15, -0.1) is 0 Å². The predicted octanol–water partition coefficient (Wildman–Crippen LogP) is 3.72. The molecule has 0 saturated heterocycles. The summed E-state index contributed by atoms with van der Waals surface area (Å²) >= 11 is 0. The number of hydrogen-bond donors (Lipinski definition) is 0. The first kappa shape index (κ1) is 15.7. The third-order valence-corrected chi connectivity index (χ3v) is 4.05. The number of rotatable bonds is 4. The Kier molecular flexibility index (Phi) is 3.99. The number of aromatic nitrogens is 3. The fourth-order valence-electron chi connectivity index (χ4n) is 2.75. The fraction of sp³-hybridized carbons (Fsp3) is 0. The molecule has 0 bridgehead atoms. The molecule has 1 heterocycles. The van der Waals surface area contributed by atoms with Crippen molar-refractivity contribution in [1.29, 1.82) is 0 Å². The average molecular weight is 343 g/mol. The van der Waals surface area contributed by atoms with E-state index in [0.717, 1.165) is 22.8 Å². The van der Waals surface area contributed by atoms with Crippen LogP contribution in [0.5, 0.6) is 0 Å². The van der Waals surface area contributed by atoms with Crippen LogP contribution in [0.2, 0.25) is 0 Å². The molecule has 0 unspecified atom stereocenters. The number of nitro benzene ring substituents is 1. The van der Waals surface area contributed by atoms with Crippen molar-refractivity contribution in [2.75, 3.05) is 0 Å². The van der Waals surface area contributed by atoms with Gasteiger partial charge in [0.25, 0.3) is 5.69 Å². The van der Waals surface area contributed by atoms with Crippen molar-refractivity contribution >= 4 is 5.69 Å². The van der Waals surface area contributed by atoms with Crippen LogP contribution >= 0.6 is 0 Å². The highest BCUT2D eigenvalue weighted by Crippen LogP contribution is 2.18. The van der Waals surface area contributed by atoms with E-state index in [4.69, 9.17) is 5.10 Å². The first-order valence-electron chi connectivity index (χ1n) is 8.09. The lowest BCUT2D eigenvalue weighted by Gasteiger charge is -2.00. The molecule has 6 nitrogen and oxygen atoms in total. The normalized spacial score (nSPS) is 10.6. The van der Waals surface area contributed by atoms with Gasteiger partial charge in [0.2, 0.25) is 6.33 Å². The van der Waals surface area contributed by atoms with Gasteiger partial charge in [-0.05, 0) is 36.4 Å². The molecule has 4 rings (SSSR count). The summed E-state index contributed by atoms with van der Waals surface area (Å²) in [4.78, 5) is 10.5. The number of para-hydroxylation sites is 1. The van der Waals surface area contributed by atoms with E-state index >= 15 is 0 Å². The molecule has 0 atom stereocenters. The summed E-state index contributed by atoms with van der Waals surface area (Å²) in [7, 11) is 0. The van der Waals surface area contributed by atoms with Crippen LogP contribution in [0.15, 0.2) is 91.3 Å². The Morgan fingerprint density at radius 2 is 1.46 bits per heavy atom. The van der Waals surface area contributed by atoms with Gasteiger partial charge >= 0.3 is 5.82 Å². The summed E-state index contributed by atoms with van der Waals surface area (Å²) in [6, 6.07) is 26.1. The third kappa shape index (κ3) is 2.95. The van der Waals surface area contributed by atoms with Crippen molar-refractivity contribution in [2.45, 2.75) is 0 Å². The van der Waals surface area contributed by atoms with Crippen molar-refractivity contribution in [2.24, 2.45) is 0 Å². The van der Waals surface area contributed by atoms with Gasteiger partial charge in [-0.3, -0.25) is 10.1 Å². The van der Waals surface area contributed by atoms with E-state index in [2.05, 4.69) is 0 Å². The van der Waals surface area contributed by atoms with E-state index in [-0.39, 0.29) is 5.69 Å². The van der Waals surface area contributed by atoms with Gasteiger partial charge < -0.3 is 0 Å². The number of non-ortho nitro benzene ring substituents is 1. The molecule has 0 aliphatic heterocycles. The molecule has 6 heteroatoms. The highest BCUT2D eigenvalue weighted by molar-refractivity contribution is 5.52. The van der Waals surface area contributed by atoms with Crippen LogP contribution in [0.4, 0.5) is 5.69 Å². The van der Waals surface area contributed by atoms with Gasteiger partial charge in [0.1, 0.15) is 11.4 Å². The molecule has 4 aromatic rings. The van der Waals surface area contributed by atoms with Crippen LogP contribution in [0.25, 0.3) is 22.8 Å². The van der Waals surface area contributed by atoms with Gasteiger partial charge in [-0.1, -0.05) is 41.1 Å². The molecule has 0 fully saturated rings. The molecular formula is C20H15N4O2+. The molecule has 0 spiro atoms. The first-order chi connectivity index (χ1) is 12.7. The van der Waals surface area contributed by atoms with Crippen LogP contribution in [0, 0.1) is 10.1 Å². The highest BCUT2D eigenvalue weighted by Gasteiger charge is 2.21. The molecule has 1 aromatic heterocycles. The van der Waals surface area contributed by atoms with E-state index in [1.54, 1.807) is 16.8 Å². The van der Waals surface area contributed by atoms with Crippen molar-refractivity contribution in [3.05, 3.63) is 101 Å². The minimum atomic E-state index is -0.403. The summed E-state index contributed by atoms with van der Waals surface area (Å²) in [5, 5.41) is 15.6. The summed E-state index contributed by atoms with van der Waals surface area (Å²) in [6.45, 7) is 0. The topological polar surface area (TPSA) is 64.8 Å². The zero-order chi connectivity index (χ0) is 17.9. The van der Waals surface area contributed by atoms with Gasteiger partial charge in [0.15, 0.2) is 0 Å². The largest absolute Gasteiger partial charge is 0.314 e. The van der Waals surface area contributed by atoms with Crippen molar-refractivity contribution in [3.8, 4) is 22.8 Å². The molecule has 0 aliphatic rings. The Bertz CT molecular complexity index is 1040. The van der Waals surface area contributed by atoms with Gasteiger partial charge in [-0.25, -0.2) is 0 Å². The molecule has 126 valence electrons. The SMILES string of the molecule is O=[N+]([O-])c1ccc(-[n+]2cn(-c3ccccc3)nc2-c2ccccc2)cc1. The number of nitrogens with zero attached hydrogens (tertiary/aromatic N) is 4. The van der Waals surface area contributed by atoms with E-state index < -0.39 is 4.92 Å². The van der Waals surface area contributed by atoms with Crippen molar-refractivity contribution in [1.82, 2.24) is 9.78 Å². The van der Waals surface area contributed by atoms with Crippen molar-refractivity contribution < 1.29 is 9.49 Å². The average Bonchev–Trinajstić information content (AvgIpc) is 3.15. The first-order valence-corrected chi connectivity index (χ1v) is 8.09. The quantitative estimate of drug-likeness (QED) is 0.322. The maximum absolute atomic E-state index is 10.9. The van der Waals surface area contributed by atoms with E-state index in [1.807, 2.05) is 71.6 Å². The van der Waals surface area contributed by atoms with E-state index in [0.29, 0.717) is 0 Å². The Hall–Kier alpha value is -3.80. The third-order valence-electron chi connectivity index (χ3n) is 4.05. The van der Waals surface area contributed by atoms with Crippen LogP contribution in [0.1, 0.15) is 0 Å². The summed E-state index contributed by atoms with van der Waals surface area (Å²) in [5.41, 5.74) is 2.76. The maximum atomic E-state index is 10.9. The fourth-order valence-corrected chi connectivity index (χ4v) is 2.75. The maximum Gasteiger partial charge on any atom is 0.314 e. The highest BCUT2D eigenvalue weighted by atomic mass is 16.6. The minimum Gasteiger partial charge on any atom is -0.258 e. The Labute approximate surface area is 149 Å². The molecule has 0 aliphatic carbocycles. The summed E-state index contributed by atoms with van der Waals surface area (Å²) in [5.74, 6) is 0.753. The predicted molar refractivity (Wildman–Crippen MR) is 97.2 cm³/mol. The van der Waals surface area contributed by atoms with E-state index in [1.165, 1.54) is 12.1 Å². The van der Waals surface area contributed by atoms with Crippen molar-refractivity contribution in [3.63, 3.8) is 0 Å². The lowest BCUT2D eigenvalue weighted by molar-refractivity contribution is -0.584. The van der Waals surface area contributed by atoms with Crippen LogP contribution in [-0.2, 0) is 0 Å². The minimum absolute atomic E-state index is 0.0612.